The SMILES string of the molecule is CC(C)NC(=O)[C@H](C)Oc1ccc(S(=O)(=O)N[C@@H](C)CCc2ccccc2)cc1. The summed E-state index contributed by atoms with van der Waals surface area (Å²) in [7, 11) is -3.63. The Labute approximate surface area is 173 Å². The van der Waals surface area contributed by atoms with Gasteiger partial charge in [0.05, 0.1) is 4.90 Å². The van der Waals surface area contributed by atoms with E-state index in [9.17, 15) is 13.2 Å². The molecule has 0 aliphatic carbocycles. The molecule has 0 radical (unpaired) electrons. The molecule has 2 rings (SSSR count). The third-order valence-corrected chi connectivity index (χ3v) is 5.92. The lowest BCUT2D eigenvalue weighted by Gasteiger charge is -2.17. The number of ether oxygens (including phenoxy) is 1. The molecule has 0 spiro atoms. The van der Waals surface area contributed by atoms with E-state index in [1.54, 1.807) is 19.1 Å². The van der Waals surface area contributed by atoms with E-state index in [1.807, 2.05) is 51.1 Å². The monoisotopic (exact) mass is 418 g/mol. The Bertz CT molecular complexity index is 881. The number of amides is 1. The van der Waals surface area contributed by atoms with Crippen LogP contribution < -0.4 is 14.8 Å². The fourth-order valence-electron chi connectivity index (χ4n) is 2.78. The summed E-state index contributed by atoms with van der Waals surface area (Å²) in [6, 6.07) is 15.9. The van der Waals surface area contributed by atoms with Crippen molar-refractivity contribution in [1.82, 2.24) is 10.0 Å². The molecule has 0 heterocycles. The smallest absolute Gasteiger partial charge is 0.260 e. The average Bonchev–Trinajstić information content (AvgIpc) is 2.66. The molecule has 29 heavy (non-hydrogen) atoms. The van der Waals surface area contributed by atoms with E-state index >= 15 is 0 Å². The number of hydrogen-bond acceptors (Lipinski definition) is 4. The van der Waals surface area contributed by atoms with Gasteiger partial charge in [-0.05, 0) is 70.4 Å². The van der Waals surface area contributed by atoms with Crippen molar-refractivity contribution in [3.63, 3.8) is 0 Å². The number of sulfonamides is 1. The van der Waals surface area contributed by atoms with Gasteiger partial charge in [-0.2, -0.15) is 0 Å². The van der Waals surface area contributed by atoms with Crippen molar-refractivity contribution in [2.75, 3.05) is 0 Å². The van der Waals surface area contributed by atoms with Crippen LogP contribution in [0.25, 0.3) is 0 Å². The van der Waals surface area contributed by atoms with Gasteiger partial charge in [0, 0.05) is 12.1 Å². The summed E-state index contributed by atoms with van der Waals surface area (Å²) in [6.07, 6.45) is 0.830. The quantitative estimate of drug-likeness (QED) is 0.620. The van der Waals surface area contributed by atoms with E-state index in [0.717, 1.165) is 6.42 Å². The fourth-order valence-corrected chi connectivity index (χ4v) is 4.05. The third-order valence-electron chi connectivity index (χ3n) is 4.31. The molecule has 2 aromatic rings. The number of carbonyl (C=O) groups excluding carboxylic acids is 1. The molecule has 7 heteroatoms. The Morgan fingerprint density at radius 3 is 2.17 bits per heavy atom. The van der Waals surface area contributed by atoms with Crippen LogP contribution in [0.4, 0.5) is 0 Å². The number of nitrogens with one attached hydrogen (secondary N) is 2. The highest BCUT2D eigenvalue weighted by atomic mass is 32.2. The van der Waals surface area contributed by atoms with Crippen molar-refractivity contribution in [2.24, 2.45) is 0 Å². The Morgan fingerprint density at radius 2 is 1.59 bits per heavy atom. The Kier molecular flexibility index (Phi) is 8.22. The second kappa shape index (κ2) is 10.4. The van der Waals surface area contributed by atoms with Gasteiger partial charge in [-0.15, -0.1) is 0 Å². The average molecular weight is 419 g/mol. The normalized spacial score (nSPS) is 13.7. The molecule has 158 valence electrons. The highest BCUT2D eigenvalue weighted by Crippen LogP contribution is 2.18. The number of carbonyl (C=O) groups is 1. The van der Waals surface area contributed by atoms with Gasteiger partial charge in [0.2, 0.25) is 10.0 Å². The van der Waals surface area contributed by atoms with E-state index in [1.165, 1.54) is 17.7 Å². The van der Waals surface area contributed by atoms with Crippen LogP contribution in [0.5, 0.6) is 5.75 Å². The second-order valence-corrected chi connectivity index (χ2v) is 9.16. The molecule has 0 aliphatic rings. The van der Waals surface area contributed by atoms with Gasteiger partial charge in [-0.25, -0.2) is 13.1 Å². The first-order valence-electron chi connectivity index (χ1n) is 9.80. The Hall–Kier alpha value is -2.38. The summed E-state index contributed by atoms with van der Waals surface area (Å²) in [5.74, 6) is 0.220. The molecule has 0 unspecified atom stereocenters. The minimum Gasteiger partial charge on any atom is -0.481 e. The molecule has 0 saturated heterocycles. The molecule has 6 nitrogen and oxygen atoms in total. The van der Waals surface area contributed by atoms with E-state index in [2.05, 4.69) is 10.0 Å². The lowest BCUT2D eigenvalue weighted by atomic mass is 10.1. The van der Waals surface area contributed by atoms with E-state index in [-0.39, 0.29) is 22.9 Å². The molecule has 0 bridgehead atoms. The largest absolute Gasteiger partial charge is 0.481 e. The summed E-state index contributed by atoms with van der Waals surface area (Å²) in [6.45, 7) is 7.25. The maximum absolute atomic E-state index is 12.6. The number of rotatable bonds is 10. The van der Waals surface area contributed by atoms with Crippen LogP contribution >= 0.6 is 0 Å². The molecule has 2 atom stereocenters. The van der Waals surface area contributed by atoms with Crippen LogP contribution in [0.15, 0.2) is 59.5 Å². The zero-order valence-corrected chi connectivity index (χ0v) is 18.2. The van der Waals surface area contributed by atoms with Gasteiger partial charge in [-0.1, -0.05) is 30.3 Å². The first-order valence-corrected chi connectivity index (χ1v) is 11.3. The van der Waals surface area contributed by atoms with Crippen LogP contribution in [-0.2, 0) is 21.2 Å². The van der Waals surface area contributed by atoms with Gasteiger partial charge >= 0.3 is 0 Å². The molecule has 0 aliphatic heterocycles. The summed E-state index contributed by atoms with van der Waals surface area (Å²) < 4.78 is 33.5. The van der Waals surface area contributed by atoms with Crippen molar-refractivity contribution < 1.29 is 17.9 Å². The van der Waals surface area contributed by atoms with Gasteiger partial charge in [0.15, 0.2) is 6.10 Å². The summed E-state index contributed by atoms with van der Waals surface area (Å²) in [4.78, 5) is 12.1. The van der Waals surface area contributed by atoms with Crippen LogP contribution in [0.1, 0.15) is 39.7 Å². The Morgan fingerprint density at radius 1 is 0.966 bits per heavy atom. The zero-order valence-electron chi connectivity index (χ0n) is 17.4. The fraction of sp³-hybridized carbons (Fsp3) is 0.409. The molecular formula is C22H30N2O4S. The van der Waals surface area contributed by atoms with Crippen molar-refractivity contribution in [2.45, 2.75) is 63.6 Å². The van der Waals surface area contributed by atoms with E-state index in [4.69, 9.17) is 4.74 Å². The van der Waals surface area contributed by atoms with Crippen LogP contribution in [0.2, 0.25) is 0 Å². The van der Waals surface area contributed by atoms with Gasteiger partial charge in [0.1, 0.15) is 5.75 Å². The van der Waals surface area contributed by atoms with E-state index < -0.39 is 16.1 Å². The summed E-state index contributed by atoms with van der Waals surface area (Å²) in [5.41, 5.74) is 1.18. The lowest BCUT2D eigenvalue weighted by Crippen LogP contribution is -2.40. The molecular weight excluding hydrogens is 388 g/mol. The first-order chi connectivity index (χ1) is 13.7. The first kappa shape index (κ1) is 22.9. The van der Waals surface area contributed by atoms with Crippen LogP contribution in [0.3, 0.4) is 0 Å². The third kappa shape index (κ3) is 7.51. The number of aryl methyl sites for hydroxylation is 1. The number of hydrogen-bond donors (Lipinski definition) is 2. The van der Waals surface area contributed by atoms with Gasteiger partial charge < -0.3 is 10.1 Å². The maximum Gasteiger partial charge on any atom is 0.260 e. The second-order valence-electron chi connectivity index (χ2n) is 7.44. The zero-order chi connectivity index (χ0) is 21.4. The predicted octanol–water partition coefficient (Wildman–Crippen LogP) is 3.28. The van der Waals surface area contributed by atoms with Crippen molar-refractivity contribution >= 4 is 15.9 Å². The minimum atomic E-state index is -3.63. The summed E-state index contributed by atoms with van der Waals surface area (Å²) >= 11 is 0. The molecule has 1 amide bonds. The van der Waals surface area contributed by atoms with Crippen molar-refractivity contribution in [3.05, 3.63) is 60.2 Å². The predicted molar refractivity (Wildman–Crippen MR) is 114 cm³/mol. The molecule has 0 aromatic heterocycles. The molecule has 0 fully saturated rings. The van der Waals surface area contributed by atoms with E-state index in [0.29, 0.717) is 12.2 Å². The summed E-state index contributed by atoms with van der Waals surface area (Å²) in [5, 5.41) is 2.77. The lowest BCUT2D eigenvalue weighted by molar-refractivity contribution is -0.127. The molecule has 2 aromatic carbocycles. The Balaban J connectivity index is 1.92. The number of benzene rings is 2. The minimum absolute atomic E-state index is 0.0241. The highest BCUT2D eigenvalue weighted by Gasteiger charge is 2.19. The highest BCUT2D eigenvalue weighted by molar-refractivity contribution is 7.89. The molecule has 0 saturated carbocycles. The van der Waals surface area contributed by atoms with Crippen molar-refractivity contribution in [3.8, 4) is 5.75 Å². The van der Waals surface area contributed by atoms with Crippen LogP contribution in [0, 0.1) is 0 Å². The van der Waals surface area contributed by atoms with Gasteiger partial charge in [0.25, 0.3) is 5.91 Å². The standard InChI is InChI=1S/C22H30N2O4S/c1-16(2)23-22(25)18(4)28-20-12-14-21(15-13-20)29(26,27)24-17(3)10-11-19-8-6-5-7-9-19/h5-9,12-18,24H,10-11H2,1-4H3,(H,23,25)/t17-,18-/m0/s1. The van der Waals surface area contributed by atoms with Gasteiger partial charge in [-0.3, -0.25) is 4.79 Å². The molecule has 2 N–H and O–H groups in total. The van der Waals surface area contributed by atoms with Crippen molar-refractivity contribution in [1.29, 1.82) is 0 Å². The van der Waals surface area contributed by atoms with Crippen LogP contribution in [-0.4, -0.2) is 32.5 Å². The maximum atomic E-state index is 12.6. The topological polar surface area (TPSA) is 84.5 Å².